The van der Waals surface area contributed by atoms with E-state index in [0.717, 1.165) is 23.7 Å². The molecule has 3 rings (SSSR count). The smallest absolute Gasteiger partial charge is 0.180 e. The van der Waals surface area contributed by atoms with Crippen LogP contribution in [-0.2, 0) is 0 Å². The van der Waals surface area contributed by atoms with Crippen LogP contribution in [-0.4, -0.2) is 23.0 Å². The van der Waals surface area contributed by atoms with E-state index in [4.69, 9.17) is 17.3 Å². The Kier molecular flexibility index (Phi) is 4.24. The lowest BCUT2D eigenvalue weighted by Crippen LogP contribution is -2.34. The van der Waals surface area contributed by atoms with E-state index in [2.05, 4.69) is 16.0 Å². The summed E-state index contributed by atoms with van der Waals surface area (Å²) >= 11 is 7.98. The highest BCUT2D eigenvalue weighted by Crippen LogP contribution is 2.37. The van der Waals surface area contributed by atoms with Gasteiger partial charge in [0.1, 0.15) is 0 Å². The molecule has 1 unspecified atom stereocenters. The van der Waals surface area contributed by atoms with Gasteiger partial charge in [-0.2, -0.15) is 0 Å². The average molecular weight is 308 g/mol. The minimum atomic E-state index is 0.179. The number of benzene rings is 1. The fourth-order valence-corrected chi connectivity index (χ4v) is 3.91. The van der Waals surface area contributed by atoms with Gasteiger partial charge in [-0.15, -0.1) is 11.3 Å². The van der Waals surface area contributed by atoms with Crippen LogP contribution in [0, 0.1) is 0 Å². The first-order valence-electron chi connectivity index (χ1n) is 6.95. The SMILES string of the molecule is Nc1ncc(C(c2ccccc2Cl)N2CCCCC2)s1. The molecule has 3 nitrogen and oxygen atoms in total. The Balaban J connectivity index is 2.01. The van der Waals surface area contributed by atoms with Crippen molar-refractivity contribution < 1.29 is 0 Å². The Morgan fingerprint density at radius 2 is 1.95 bits per heavy atom. The second-order valence-corrected chi connectivity index (χ2v) is 6.62. The van der Waals surface area contributed by atoms with Gasteiger partial charge >= 0.3 is 0 Å². The van der Waals surface area contributed by atoms with Crippen LogP contribution in [0.25, 0.3) is 0 Å². The Hall–Kier alpha value is -1.10. The summed E-state index contributed by atoms with van der Waals surface area (Å²) in [5.74, 6) is 0. The van der Waals surface area contributed by atoms with Gasteiger partial charge < -0.3 is 5.73 Å². The van der Waals surface area contributed by atoms with Crippen molar-refractivity contribution in [3.8, 4) is 0 Å². The zero-order valence-corrected chi connectivity index (χ0v) is 12.8. The number of hydrogen-bond donors (Lipinski definition) is 1. The van der Waals surface area contributed by atoms with Gasteiger partial charge in [-0.1, -0.05) is 36.2 Å². The van der Waals surface area contributed by atoms with E-state index < -0.39 is 0 Å². The molecule has 1 fully saturated rings. The van der Waals surface area contributed by atoms with Crippen LogP contribution in [0.5, 0.6) is 0 Å². The number of nitrogens with two attached hydrogens (primary N) is 1. The molecule has 1 atom stereocenters. The predicted molar refractivity (Wildman–Crippen MR) is 85.2 cm³/mol. The fourth-order valence-electron chi connectivity index (χ4n) is 2.83. The van der Waals surface area contributed by atoms with Crippen molar-refractivity contribution in [1.82, 2.24) is 9.88 Å². The van der Waals surface area contributed by atoms with E-state index >= 15 is 0 Å². The number of rotatable bonds is 3. The molecule has 0 radical (unpaired) electrons. The lowest BCUT2D eigenvalue weighted by atomic mass is 10.0. The maximum Gasteiger partial charge on any atom is 0.180 e. The standard InChI is InChI=1S/C15H18ClN3S/c16-12-7-3-2-6-11(12)14(13-10-18-15(17)20-13)19-8-4-1-5-9-19/h2-3,6-7,10,14H,1,4-5,8-9H2,(H2,17,18). The molecule has 2 heterocycles. The van der Waals surface area contributed by atoms with Crippen LogP contribution in [0.1, 0.15) is 35.7 Å². The van der Waals surface area contributed by atoms with Gasteiger partial charge in [-0.25, -0.2) is 4.98 Å². The van der Waals surface area contributed by atoms with Gasteiger partial charge in [0.2, 0.25) is 0 Å². The third kappa shape index (κ3) is 2.82. The van der Waals surface area contributed by atoms with Crippen LogP contribution in [0.4, 0.5) is 5.13 Å². The quantitative estimate of drug-likeness (QED) is 0.933. The largest absolute Gasteiger partial charge is 0.375 e. The molecule has 0 amide bonds. The lowest BCUT2D eigenvalue weighted by molar-refractivity contribution is 0.189. The minimum absolute atomic E-state index is 0.179. The highest BCUT2D eigenvalue weighted by atomic mass is 35.5. The van der Waals surface area contributed by atoms with Crippen molar-refractivity contribution in [3.63, 3.8) is 0 Å². The topological polar surface area (TPSA) is 42.1 Å². The molecule has 0 bridgehead atoms. The highest BCUT2D eigenvalue weighted by Gasteiger charge is 2.27. The zero-order chi connectivity index (χ0) is 13.9. The Bertz CT molecular complexity index is 578. The van der Waals surface area contributed by atoms with E-state index in [9.17, 15) is 0 Å². The molecule has 1 saturated heterocycles. The zero-order valence-electron chi connectivity index (χ0n) is 11.3. The number of piperidine rings is 1. The molecule has 0 saturated carbocycles. The second-order valence-electron chi connectivity index (χ2n) is 5.12. The normalized spacial score (nSPS) is 18.1. The maximum atomic E-state index is 6.42. The van der Waals surface area contributed by atoms with Crippen molar-refractivity contribution in [2.75, 3.05) is 18.8 Å². The first kappa shape index (κ1) is 13.9. The number of thiazole rings is 1. The molecule has 1 aliphatic rings. The van der Waals surface area contributed by atoms with Crippen LogP contribution in [0.15, 0.2) is 30.5 Å². The summed E-state index contributed by atoms with van der Waals surface area (Å²) < 4.78 is 0. The molecule has 5 heteroatoms. The summed E-state index contributed by atoms with van der Waals surface area (Å²) in [6, 6.07) is 8.26. The highest BCUT2D eigenvalue weighted by molar-refractivity contribution is 7.15. The summed E-state index contributed by atoms with van der Waals surface area (Å²) in [5, 5.41) is 1.43. The molecule has 0 aliphatic carbocycles. The summed E-state index contributed by atoms with van der Waals surface area (Å²) in [4.78, 5) is 7.89. The van der Waals surface area contributed by atoms with Crippen molar-refractivity contribution >= 4 is 28.1 Å². The second kappa shape index (κ2) is 6.12. The Morgan fingerprint density at radius 3 is 2.60 bits per heavy atom. The van der Waals surface area contributed by atoms with Gasteiger partial charge in [-0.05, 0) is 37.6 Å². The van der Waals surface area contributed by atoms with Gasteiger partial charge in [0, 0.05) is 16.1 Å². The summed E-state index contributed by atoms with van der Waals surface area (Å²) in [5.41, 5.74) is 6.97. The average Bonchev–Trinajstić information content (AvgIpc) is 2.89. The monoisotopic (exact) mass is 307 g/mol. The van der Waals surface area contributed by atoms with E-state index in [0.29, 0.717) is 5.13 Å². The Labute approximate surface area is 128 Å². The molecule has 1 aromatic heterocycles. The molecule has 1 aliphatic heterocycles. The van der Waals surface area contributed by atoms with Crippen LogP contribution in [0.2, 0.25) is 5.02 Å². The number of aromatic nitrogens is 1. The number of halogens is 1. The summed E-state index contributed by atoms with van der Waals surface area (Å²) in [6.07, 6.45) is 5.70. The van der Waals surface area contributed by atoms with Crippen molar-refractivity contribution in [2.45, 2.75) is 25.3 Å². The molecular formula is C15H18ClN3S. The van der Waals surface area contributed by atoms with Gasteiger partial charge in [0.15, 0.2) is 5.13 Å². The molecule has 2 aromatic rings. The molecular weight excluding hydrogens is 290 g/mol. The number of likely N-dealkylation sites (tertiary alicyclic amines) is 1. The lowest BCUT2D eigenvalue weighted by Gasteiger charge is -2.34. The molecule has 2 N–H and O–H groups in total. The molecule has 1 aromatic carbocycles. The number of anilines is 1. The molecule has 20 heavy (non-hydrogen) atoms. The van der Waals surface area contributed by atoms with E-state index in [-0.39, 0.29) is 6.04 Å². The number of nitrogen functional groups attached to an aromatic ring is 1. The number of hydrogen-bond acceptors (Lipinski definition) is 4. The van der Waals surface area contributed by atoms with Gasteiger partial charge in [-0.3, -0.25) is 4.90 Å². The summed E-state index contributed by atoms with van der Waals surface area (Å²) in [7, 11) is 0. The first-order chi connectivity index (χ1) is 9.75. The molecule has 0 spiro atoms. The van der Waals surface area contributed by atoms with E-state index in [1.807, 2.05) is 24.4 Å². The van der Waals surface area contributed by atoms with Crippen LogP contribution >= 0.6 is 22.9 Å². The van der Waals surface area contributed by atoms with Crippen molar-refractivity contribution in [2.24, 2.45) is 0 Å². The van der Waals surface area contributed by atoms with E-state index in [1.165, 1.54) is 24.1 Å². The first-order valence-corrected chi connectivity index (χ1v) is 8.15. The van der Waals surface area contributed by atoms with E-state index in [1.54, 1.807) is 11.3 Å². The van der Waals surface area contributed by atoms with Crippen LogP contribution < -0.4 is 5.73 Å². The number of nitrogens with zero attached hydrogens (tertiary/aromatic N) is 2. The minimum Gasteiger partial charge on any atom is -0.375 e. The predicted octanol–water partition coefficient (Wildman–Crippen LogP) is 3.95. The van der Waals surface area contributed by atoms with Gasteiger partial charge in [0.25, 0.3) is 0 Å². The molecule has 106 valence electrons. The van der Waals surface area contributed by atoms with Crippen molar-refractivity contribution in [3.05, 3.63) is 45.9 Å². The van der Waals surface area contributed by atoms with Gasteiger partial charge in [0.05, 0.1) is 6.04 Å². The van der Waals surface area contributed by atoms with Crippen LogP contribution in [0.3, 0.4) is 0 Å². The third-order valence-corrected chi connectivity index (χ3v) is 4.99. The van der Waals surface area contributed by atoms with Crippen molar-refractivity contribution in [1.29, 1.82) is 0 Å². The maximum absolute atomic E-state index is 6.42. The summed E-state index contributed by atoms with van der Waals surface area (Å²) in [6.45, 7) is 2.21. The third-order valence-electron chi connectivity index (χ3n) is 3.77. The fraction of sp³-hybridized carbons (Fsp3) is 0.400. The Morgan fingerprint density at radius 1 is 1.20 bits per heavy atom.